The first-order valence-corrected chi connectivity index (χ1v) is 12.6. The molecule has 0 bridgehead atoms. The fourth-order valence-electron chi connectivity index (χ4n) is 4.59. The van der Waals surface area contributed by atoms with Crippen LogP contribution in [0.4, 0.5) is 10.5 Å². The number of hydrogen-bond acceptors (Lipinski definition) is 7. The lowest BCUT2D eigenvalue weighted by Gasteiger charge is -2.32. The summed E-state index contributed by atoms with van der Waals surface area (Å²) >= 11 is 0. The molecule has 0 saturated carbocycles. The largest absolute Gasteiger partial charge is 0.493 e. The number of urea groups is 1. The molecule has 1 aliphatic rings. The molecule has 0 aliphatic carbocycles. The molecule has 3 aromatic carbocycles. The molecule has 2 heterocycles. The van der Waals surface area contributed by atoms with E-state index in [0.29, 0.717) is 39.7 Å². The second kappa shape index (κ2) is 11.8. The summed E-state index contributed by atoms with van der Waals surface area (Å²) in [5, 5.41) is 6.71. The molecular weight excluding hydrogens is 482 g/mol. The third-order valence-corrected chi connectivity index (χ3v) is 6.60. The van der Waals surface area contributed by atoms with Gasteiger partial charge in [-0.1, -0.05) is 30.3 Å². The fraction of sp³-hybridized carbons (Fsp3) is 0.276. The lowest BCUT2D eigenvalue weighted by atomic mass is 10.0. The number of nitrogens with one attached hydrogen (secondary N) is 2. The molecule has 2 amide bonds. The van der Waals surface area contributed by atoms with Crippen LogP contribution in [-0.4, -0.2) is 54.2 Å². The normalized spacial score (nSPS) is 14.2. The summed E-state index contributed by atoms with van der Waals surface area (Å²) in [6.07, 6.45) is 3.29. The van der Waals surface area contributed by atoms with Gasteiger partial charge in [-0.3, -0.25) is 4.90 Å². The fourth-order valence-corrected chi connectivity index (χ4v) is 4.59. The Labute approximate surface area is 221 Å². The van der Waals surface area contributed by atoms with E-state index in [1.807, 2.05) is 6.07 Å². The van der Waals surface area contributed by atoms with Crippen molar-refractivity contribution in [3.63, 3.8) is 0 Å². The summed E-state index contributed by atoms with van der Waals surface area (Å²) in [4.78, 5) is 23.6. The minimum absolute atomic E-state index is 0.159. The average molecular weight is 514 g/mol. The van der Waals surface area contributed by atoms with Crippen molar-refractivity contribution in [2.24, 2.45) is 0 Å². The smallest absolute Gasteiger partial charge is 0.319 e. The van der Waals surface area contributed by atoms with Crippen molar-refractivity contribution in [2.75, 3.05) is 32.6 Å². The first-order valence-electron chi connectivity index (χ1n) is 12.6. The van der Waals surface area contributed by atoms with Gasteiger partial charge in [-0.15, -0.1) is 0 Å². The minimum atomic E-state index is -0.206. The molecule has 4 aromatic rings. The SMILES string of the molecule is COc1cc2ncnc(Oc3ccc(NC(=O)NC4CCN(Cc5ccccc5)CC4)cc3)c2cc1OC. The molecule has 38 heavy (non-hydrogen) atoms. The topological polar surface area (TPSA) is 97.8 Å². The van der Waals surface area contributed by atoms with Crippen LogP contribution >= 0.6 is 0 Å². The number of ether oxygens (including phenoxy) is 3. The van der Waals surface area contributed by atoms with Crippen LogP contribution in [0.1, 0.15) is 18.4 Å². The highest BCUT2D eigenvalue weighted by Crippen LogP contribution is 2.35. The molecule has 196 valence electrons. The molecule has 0 spiro atoms. The molecule has 1 aromatic heterocycles. The van der Waals surface area contributed by atoms with Gasteiger partial charge in [0.2, 0.25) is 5.88 Å². The van der Waals surface area contributed by atoms with Crippen molar-refractivity contribution in [1.82, 2.24) is 20.2 Å². The van der Waals surface area contributed by atoms with E-state index in [2.05, 4.69) is 49.8 Å². The second-order valence-corrected chi connectivity index (χ2v) is 9.16. The number of methoxy groups -OCH3 is 2. The Hall–Kier alpha value is -4.37. The Balaban J connectivity index is 1.14. The summed E-state index contributed by atoms with van der Waals surface area (Å²) < 4.78 is 16.8. The van der Waals surface area contributed by atoms with Crippen LogP contribution in [0.15, 0.2) is 73.1 Å². The number of rotatable bonds is 8. The summed E-state index contributed by atoms with van der Waals surface area (Å²) in [5.41, 5.74) is 2.67. The monoisotopic (exact) mass is 513 g/mol. The maximum atomic E-state index is 12.6. The molecular formula is C29H31N5O4. The van der Waals surface area contributed by atoms with Crippen molar-refractivity contribution in [3.05, 3.63) is 78.6 Å². The quantitative estimate of drug-likeness (QED) is 0.333. The average Bonchev–Trinajstić information content (AvgIpc) is 2.95. The van der Waals surface area contributed by atoms with Gasteiger partial charge >= 0.3 is 6.03 Å². The molecule has 1 saturated heterocycles. The van der Waals surface area contributed by atoms with Crippen LogP contribution in [0, 0.1) is 0 Å². The van der Waals surface area contributed by atoms with Gasteiger partial charge in [0.15, 0.2) is 11.5 Å². The number of aromatic nitrogens is 2. The summed E-state index contributed by atoms with van der Waals surface area (Å²) in [6.45, 7) is 2.87. The summed E-state index contributed by atoms with van der Waals surface area (Å²) in [6, 6.07) is 21.2. The Kier molecular flexibility index (Phi) is 7.84. The first kappa shape index (κ1) is 25.3. The maximum absolute atomic E-state index is 12.6. The highest BCUT2D eigenvalue weighted by atomic mass is 16.5. The van der Waals surface area contributed by atoms with Gasteiger partial charge in [0.1, 0.15) is 12.1 Å². The first-order chi connectivity index (χ1) is 18.6. The molecule has 9 heteroatoms. The number of carbonyl (C=O) groups is 1. The van der Waals surface area contributed by atoms with E-state index in [0.717, 1.165) is 32.5 Å². The van der Waals surface area contributed by atoms with E-state index in [-0.39, 0.29) is 12.1 Å². The second-order valence-electron chi connectivity index (χ2n) is 9.16. The zero-order chi connectivity index (χ0) is 26.3. The predicted octanol–water partition coefficient (Wildman–Crippen LogP) is 5.23. The standard InChI is InChI=1S/C29H31N5O4/c1-36-26-16-24-25(17-27(26)37-2)30-19-31-28(24)38-23-10-8-21(9-11-23)32-29(35)33-22-12-14-34(15-13-22)18-20-6-4-3-5-7-20/h3-11,16-17,19,22H,12-15,18H2,1-2H3,(H2,32,33,35). The molecule has 0 radical (unpaired) electrons. The third kappa shape index (κ3) is 6.12. The van der Waals surface area contributed by atoms with Crippen molar-refractivity contribution in [1.29, 1.82) is 0 Å². The van der Waals surface area contributed by atoms with Crippen molar-refractivity contribution >= 4 is 22.6 Å². The van der Waals surface area contributed by atoms with E-state index in [1.165, 1.54) is 11.9 Å². The number of piperidine rings is 1. The molecule has 0 unspecified atom stereocenters. The van der Waals surface area contributed by atoms with E-state index in [4.69, 9.17) is 14.2 Å². The number of anilines is 1. The number of hydrogen-bond donors (Lipinski definition) is 2. The number of nitrogens with zero attached hydrogens (tertiary/aromatic N) is 3. The van der Waals surface area contributed by atoms with Gasteiger partial charge < -0.3 is 24.8 Å². The Morgan fingerprint density at radius 1 is 0.947 bits per heavy atom. The molecule has 5 rings (SSSR count). The van der Waals surface area contributed by atoms with Gasteiger partial charge in [-0.2, -0.15) is 0 Å². The third-order valence-electron chi connectivity index (χ3n) is 6.60. The van der Waals surface area contributed by atoms with Crippen molar-refractivity contribution < 1.29 is 19.0 Å². The zero-order valence-corrected chi connectivity index (χ0v) is 21.5. The van der Waals surface area contributed by atoms with Crippen LogP contribution in [0.25, 0.3) is 10.9 Å². The zero-order valence-electron chi connectivity index (χ0n) is 21.5. The van der Waals surface area contributed by atoms with E-state index in [9.17, 15) is 4.79 Å². The summed E-state index contributed by atoms with van der Waals surface area (Å²) in [5.74, 6) is 2.12. The highest BCUT2D eigenvalue weighted by Gasteiger charge is 2.21. The highest BCUT2D eigenvalue weighted by molar-refractivity contribution is 5.89. The molecule has 2 N–H and O–H groups in total. The molecule has 1 fully saturated rings. The number of benzene rings is 3. The van der Waals surface area contributed by atoms with Crippen LogP contribution in [-0.2, 0) is 6.54 Å². The molecule has 9 nitrogen and oxygen atoms in total. The number of carbonyl (C=O) groups excluding carboxylic acids is 1. The minimum Gasteiger partial charge on any atom is -0.493 e. The van der Waals surface area contributed by atoms with Crippen LogP contribution in [0.3, 0.4) is 0 Å². The summed E-state index contributed by atoms with van der Waals surface area (Å²) in [7, 11) is 3.15. The Morgan fingerprint density at radius 3 is 2.37 bits per heavy atom. The number of fused-ring (bicyclic) bond motifs is 1. The van der Waals surface area contributed by atoms with E-state index >= 15 is 0 Å². The maximum Gasteiger partial charge on any atom is 0.319 e. The van der Waals surface area contributed by atoms with Gasteiger partial charge in [-0.25, -0.2) is 14.8 Å². The van der Waals surface area contributed by atoms with Crippen molar-refractivity contribution in [3.8, 4) is 23.1 Å². The van der Waals surface area contributed by atoms with Gasteiger partial charge in [0, 0.05) is 37.4 Å². The lowest BCUT2D eigenvalue weighted by Crippen LogP contribution is -2.45. The van der Waals surface area contributed by atoms with Crippen LogP contribution in [0.2, 0.25) is 0 Å². The van der Waals surface area contributed by atoms with E-state index in [1.54, 1.807) is 50.6 Å². The number of amides is 2. The lowest BCUT2D eigenvalue weighted by molar-refractivity contribution is 0.190. The molecule has 1 aliphatic heterocycles. The van der Waals surface area contributed by atoms with Gasteiger partial charge in [0.05, 0.1) is 25.1 Å². The van der Waals surface area contributed by atoms with Crippen molar-refractivity contribution in [2.45, 2.75) is 25.4 Å². The van der Waals surface area contributed by atoms with Gasteiger partial charge in [0.25, 0.3) is 0 Å². The Morgan fingerprint density at radius 2 is 1.66 bits per heavy atom. The van der Waals surface area contributed by atoms with Gasteiger partial charge in [-0.05, 0) is 48.7 Å². The van der Waals surface area contributed by atoms with E-state index < -0.39 is 0 Å². The molecule has 0 atom stereocenters. The predicted molar refractivity (Wildman–Crippen MR) is 146 cm³/mol. The van der Waals surface area contributed by atoms with Crippen LogP contribution in [0.5, 0.6) is 23.1 Å². The number of likely N-dealkylation sites (tertiary alicyclic amines) is 1. The Bertz CT molecular complexity index is 1370. The van der Waals surface area contributed by atoms with Crippen LogP contribution < -0.4 is 24.8 Å².